The Morgan fingerprint density at radius 3 is 2.71 bits per heavy atom. The van der Waals surface area contributed by atoms with Crippen LogP contribution in [0.15, 0.2) is 5.38 Å². The fourth-order valence-corrected chi connectivity index (χ4v) is 2.86. The molecule has 0 aliphatic heterocycles. The monoisotopic (exact) mass is 267 g/mol. The molecule has 0 amide bonds. The molecule has 0 aliphatic rings. The van der Waals surface area contributed by atoms with Crippen LogP contribution in [-0.2, 0) is 6.54 Å². The Bertz CT molecular complexity index is 575. The summed E-state index contributed by atoms with van der Waals surface area (Å²) in [5.41, 5.74) is 2.49. The van der Waals surface area contributed by atoms with Crippen molar-refractivity contribution in [2.75, 3.05) is 0 Å². The largest absolute Gasteiger partial charge is 0.300 e. The minimum atomic E-state index is 0.554. The second-order valence-corrected chi connectivity index (χ2v) is 6.16. The summed E-state index contributed by atoms with van der Waals surface area (Å²) in [6, 6.07) is 0. The highest BCUT2D eigenvalue weighted by atomic mass is 32.1. The van der Waals surface area contributed by atoms with Gasteiger partial charge in [0.05, 0.1) is 0 Å². The van der Waals surface area contributed by atoms with Gasteiger partial charge in [-0.2, -0.15) is 5.10 Å². The zero-order chi connectivity index (χ0) is 12.6. The summed E-state index contributed by atoms with van der Waals surface area (Å²) in [5, 5.41) is 9.42. The number of nitrogens with one attached hydrogen (secondary N) is 1. The zero-order valence-corrected chi connectivity index (χ0v) is 12.2. The summed E-state index contributed by atoms with van der Waals surface area (Å²) in [7, 11) is 0. The first-order chi connectivity index (χ1) is 8.00. The van der Waals surface area contributed by atoms with Crippen molar-refractivity contribution in [3.8, 4) is 11.4 Å². The van der Waals surface area contributed by atoms with E-state index in [4.69, 9.17) is 12.2 Å². The molecule has 0 unspecified atom stereocenters. The number of aromatic nitrogens is 3. The van der Waals surface area contributed by atoms with E-state index in [0.29, 0.717) is 10.7 Å². The molecule has 0 saturated heterocycles. The van der Waals surface area contributed by atoms with Crippen molar-refractivity contribution in [2.45, 2.75) is 34.2 Å². The van der Waals surface area contributed by atoms with Gasteiger partial charge in [-0.05, 0) is 37.5 Å². The summed E-state index contributed by atoms with van der Waals surface area (Å²) >= 11 is 7.05. The summed E-state index contributed by atoms with van der Waals surface area (Å²) in [6.07, 6.45) is 0. The van der Waals surface area contributed by atoms with Crippen LogP contribution in [-0.4, -0.2) is 14.8 Å². The summed E-state index contributed by atoms with van der Waals surface area (Å²) in [5.74, 6) is 1.52. The standard InChI is InChI=1S/C12H17N3S2/c1-7(2)5-15-11(13-14-12(15)16)10-6-17-9(4)8(10)3/h6-7H,5H2,1-4H3,(H,14,16). The SMILES string of the molecule is Cc1scc(-c2n[nH]c(=S)n2CC(C)C)c1C. The van der Waals surface area contributed by atoms with Gasteiger partial charge in [0.1, 0.15) is 0 Å². The third-order valence-electron chi connectivity index (χ3n) is 2.83. The van der Waals surface area contributed by atoms with Crippen LogP contribution < -0.4 is 0 Å². The normalized spacial score (nSPS) is 11.4. The van der Waals surface area contributed by atoms with Crippen LogP contribution in [0.2, 0.25) is 0 Å². The highest BCUT2D eigenvalue weighted by Gasteiger charge is 2.14. The lowest BCUT2D eigenvalue weighted by Crippen LogP contribution is -2.06. The molecule has 2 aromatic rings. The Balaban J connectivity index is 2.53. The Morgan fingerprint density at radius 2 is 2.18 bits per heavy atom. The van der Waals surface area contributed by atoms with Crippen LogP contribution in [0.3, 0.4) is 0 Å². The van der Waals surface area contributed by atoms with Crippen molar-refractivity contribution in [1.29, 1.82) is 0 Å². The molecule has 5 heteroatoms. The van der Waals surface area contributed by atoms with Crippen molar-refractivity contribution in [3.63, 3.8) is 0 Å². The van der Waals surface area contributed by atoms with Crippen LogP contribution in [0, 0.1) is 24.5 Å². The average Bonchev–Trinajstić information content (AvgIpc) is 2.75. The Labute approximate surface area is 111 Å². The topological polar surface area (TPSA) is 33.6 Å². The van der Waals surface area contributed by atoms with Crippen molar-refractivity contribution >= 4 is 23.6 Å². The molecule has 0 fully saturated rings. The Kier molecular flexibility index (Phi) is 3.49. The van der Waals surface area contributed by atoms with E-state index >= 15 is 0 Å². The Hall–Kier alpha value is -0.940. The Morgan fingerprint density at radius 1 is 1.47 bits per heavy atom. The van der Waals surface area contributed by atoms with E-state index in [0.717, 1.165) is 12.4 Å². The van der Waals surface area contributed by atoms with Crippen LogP contribution in [0.5, 0.6) is 0 Å². The molecule has 92 valence electrons. The maximum atomic E-state index is 5.29. The second-order valence-electron chi connectivity index (χ2n) is 4.69. The molecule has 0 bridgehead atoms. The van der Waals surface area contributed by atoms with Gasteiger partial charge in [0.2, 0.25) is 0 Å². The van der Waals surface area contributed by atoms with Crippen molar-refractivity contribution in [2.24, 2.45) is 5.92 Å². The van der Waals surface area contributed by atoms with Gasteiger partial charge in [-0.3, -0.25) is 9.67 Å². The molecule has 2 heterocycles. The van der Waals surface area contributed by atoms with E-state index in [9.17, 15) is 0 Å². The number of thiophene rings is 1. The molecular weight excluding hydrogens is 250 g/mol. The molecule has 3 nitrogen and oxygen atoms in total. The molecule has 2 rings (SSSR count). The molecule has 17 heavy (non-hydrogen) atoms. The highest BCUT2D eigenvalue weighted by molar-refractivity contribution is 7.71. The molecule has 2 aromatic heterocycles. The van der Waals surface area contributed by atoms with Crippen molar-refractivity contribution in [1.82, 2.24) is 14.8 Å². The predicted molar refractivity (Wildman–Crippen MR) is 75.0 cm³/mol. The van der Waals surface area contributed by atoms with Gasteiger partial charge in [0, 0.05) is 22.4 Å². The van der Waals surface area contributed by atoms with E-state index < -0.39 is 0 Å². The molecule has 0 aromatic carbocycles. The van der Waals surface area contributed by atoms with Gasteiger partial charge in [-0.1, -0.05) is 13.8 Å². The number of aromatic amines is 1. The first-order valence-corrected chi connectivity index (χ1v) is 6.99. The first-order valence-electron chi connectivity index (χ1n) is 5.71. The highest BCUT2D eigenvalue weighted by Crippen LogP contribution is 2.29. The lowest BCUT2D eigenvalue weighted by molar-refractivity contribution is 0.521. The first kappa shape index (κ1) is 12.5. The van der Waals surface area contributed by atoms with Crippen LogP contribution in [0.4, 0.5) is 0 Å². The number of rotatable bonds is 3. The maximum Gasteiger partial charge on any atom is 0.195 e. The molecule has 1 N–H and O–H groups in total. The predicted octanol–water partition coefficient (Wildman–Crippen LogP) is 3.94. The summed E-state index contributed by atoms with van der Waals surface area (Å²) in [4.78, 5) is 1.34. The lowest BCUT2D eigenvalue weighted by atomic mass is 10.1. The third kappa shape index (κ3) is 2.35. The van der Waals surface area contributed by atoms with Crippen LogP contribution >= 0.6 is 23.6 Å². The molecule has 0 atom stereocenters. The fourth-order valence-electron chi connectivity index (χ4n) is 1.79. The number of hydrogen-bond acceptors (Lipinski definition) is 3. The van der Waals surface area contributed by atoms with E-state index in [1.165, 1.54) is 16.0 Å². The van der Waals surface area contributed by atoms with Crippen LogP contribution in [0.1, 0.15) is 24.3 Å². The smallest absolute Gasteiger partial charge is 0.195 e. The van der Waals surface area contributed by atoms with E-state index in [-0.39, 0.29) is 0 Å². The lowest BCUT2D eigenvalue weighted by Gasteiger charge is -2.09. The number of nitrogens with zero attached hydrogens (tertiary/aromatic N) is 2. The molecule has 0 aliphatic carbocycles. The van der Waals surface area contributed by atoms with E-state index in [1.54, 1.807) is 11.3 Å². The van der Waals surface area contributed by atoms with Crippen molar-refractivity contribution < 1.29 is 0 Å². The van der Waals surface area contributed by atoms with Gasteiger partial charge < -0.3 is 0 Å². The molecule has 0 radical (unpaired) electrons. The second kappa shape index (κ2) is 4.74. The minimum absolute atomic E-state index is 0.554. The van der Waals surface area contributed by atoms with Gasteiger partial charge in [0.15, 0.2) is 10.6 Å². The van der Waals surface area contributed by atoms with E-state index in [2.05, 4.69) is 47.8 Å². The van der Waals surface area contributed by atoms with Gasteiger partial charge in [-0.25, -0.2) is 0 Å². The molecular formula is C12H17N3S2. The zero-order valence-electron chi connectivity index (χ0n) is 10.6. The van der Waals surface area contributed by atoms with Gasteiger partial charge >= 0.3 is 0 Å². The summed E-state index contributed by atoms with van der Waals surface area (Å²) in [6.45, 7) is 9.55. The molecule has 0 saturated carbocycles. The van der Waals surface area contributed by atoms with E-state index in [1.807, 2.05) is 0 Å². The maximum absolute atomic E-state index is 5.29. The summed E-state index contributed by atoms with van der Waals surface area (Å²) < 4.78 is 2.80. The number of aryl methyl sites for hydroxylation is 1. The van der Waals surface area contributed by atoms with Crippen LogP contribution in [0.25, 0.3) is 11.4 Å². The quantitative estimate of drug-likeness (QED) is 0.855. The molecule has 0 spiro atoms. The minimum Gasteiger partial charge on any atom is -0.300 e. The number of H-pyrrole nitrogens is 1. The number of hydrogen-bond donors (Lipinski definition) is 1. The average molecular weight is 267 g/mol. The van der Waals surface area contributed by atoms with Gasteiger partial charge in [0.25, 0.3) is 0 Å². The van der Waals surface area contributed by atoms with Crippen molar-refractivity contribution in [3.05, 3.63) is 20.6 Å². The van der Waals surface area contributed by atoms with Gasteiger partial charge in [-0.15, -0.1) is 11.3 Å². The third-order valence-corrected chi connectivity index (χ3v) is 4.16. The fraction of sp³-hybridized carbons (Fsp3) is 0.500.